The van der Waals surface area contributed by atoms with Crippen molar-refractivity contribution in [2.24, 2.45) is 0 Å². The summed E-state index contributed by atoms with van der Waals surface area (Å²) in [5.74, 6) is 0.0834. The van der Waals surface area contributed by atoms with Gasteiger partial charge in [-0.15, -0.1) is 0 Å². The molecule has 1 N–H and O–H groups in total. The smallest absolute Gasteiger partial charge is 0.233 e. The molecule has 0 aromatic heterocycles. The van der Waals surface area contributed by atoms with Crippen LogP contribution in [0.15, 0.2) is 18.2 Å². The number of piperidine rings is 2. The van der Waals surface area contributed by atoms with Gasteiger partial charge in [-0.2, -0.15) is 0 Å². The van der Waals surface area contributed by atoms with E-state index in [1.807, 2.05) is 23.1 Å². The highest BCUT2D eigenvalue weighted by atomic mass is 35.5. The molecular formula is C25H37ClN2O3. The zero-order valence-corrected chi connectivity index (χ0v) is 19.6. The molecule has 2 saturated heterocycles. The zero-order chi connectivity index (χ0) is 21.8. The molecule has 1 aliphatic carbocycles. The van der Waals surface area contributed by atoms with Gasteiger partial charge in [0.1, 0.15) is 5.75 Å². The maximum Gasteiger partial charge on any atom is 0.233 e. The standard InChI is InChI=1S/C25H37ClN2O3/c1-31-22-9-8-19(18-21(22)26)23(25(30)12-4-2-5-13-25)24(29)28-16-10-20(11-17-28)27-14-6-3-7-15-27/h8-9,18,20,23,30H,2-7,10-17H2,1H3. The van der Waals surface area contributed by atoms with Gasteiger partial charge in [-0.05, 0) is 69.3 Å². The van der Waals surface area contributed by atoms with Gasteiger partial charge >= 0.3 is 0 Å². The molecule has 0 radical (unpaired) electrons. The lowest BCUT2D eigenvalue weighted by atomic mass is 9.72. The minimum Gasteiger partial charge on any atom is -0.495 e. The number of methoxy groups -OCH3 is 1. The molecule has 1 atom stereocenters. The lowest BCUT2D eigenvalue weighted by Gasteiger charge is -2.44. The van der Waals surface area contributed by atoms with Crippen LogP contribution >= 0.6 is 11.6 Å². The van der Waals surface area contributed by atoms with Gasteiger partial charge in [-0.3, -0.25) is 4.79 Å². The third-order valence-corrected chi connectivity index (χ3v) is 7.99. The Morgan fingerprint density at radius 1 is 1.06 bits per heavy atom. The molecule has 0 spiro atoms. The summed E-state index contributed by atoms with van der Waals surface area (Å²) in [5, 5.41) is 12.1. The van der Waals surface area contributed by atoms with E-state index < -0.39 is 11.5 Å². The van der Waals surface area contributed by atoms with Gasteiger partial charge < -0.3 is 19.6 Å². The normalized spacial score (nSPS) is 24.0. The van der Waals surface area contributed by atoms with E-state index in [0.717, 1.165) is 50.8 Å². The highest BCUT2D eigenvalue weighted by molar-refractivity contribution is 6.32. The topological polar surface area (TPSA) is 53.0 Å². The maximum absolute atomic E-state index is 13.8. The molecule has 31 heavy (non-hydrogen) atoms. The first-order valence-corrected chi connectivity index (χ1v) is 12.5. The zero-order valence-electron chi connectivity index (χ0n) is 18.8. The van der Waals surface area contributed by atoms with Gasteiger partial charge in [-0.25, -0.2) is 0 Å². The number of nitrogens with zero attached hydrogens (tertiary/aromatic N) is 2. The van der Waals surface area contributed by atoms with Gasteiger partial charge in [-0.1, -0.05) is 43.4 Å². The van der Waals surface area contributed by atoms with Crippen LogP contribution < -0.4 is 4.74 Å². The number of carbonyl (C=O) groups excluding carboxylic acids is 1. The number of likely N-dealkylation sites (tertiary alicyclic amines) is 2. The lowest BCUT2D eigenvalue weighted by Crippen LogP contribution is -2.52. The summed E-state index contributed by atoms with van der Waals surface area (Å²) in [6, 6.07) is 6.12. The molecule has 2 aliphatic heterocycles. The Labute approximate surface area is 191 Å². The summed E-state index contributed by atoms with van der Waals surface area (Å²) in [6.07, 6.45) is 10.4. The predicted octanol–water partition coefficient (Wildman–Crippen LogP) is 4.60. The van der Waals surface area contributed by atoms with Crippen molar-refractivity contribution in [2.45, 2.75) is 81.8 Å². The Kier molecular flexibility index (Phi) is 7.45. The Morgan fingerprint density at radius 3 is 2.32 bits per heavy atom. The molecule has 1 aromatic rings. The first kappa shape index (κ1) is 22.9. The second kappa shape index (κ2) is 10.1. The third kappa shape index (κ3) is 5.04. The number of rotatable bonds is 5. The summed E-state index contributed by atoms with van der Waals surface area (Å²) in [6.45, 7) is 3.95. The summed E-state index contributed by atoms with van der Waals surface area (Å²) in [7, 11) is 1.59. The number of aliphatic hydroxyl groups is 1. The largest absolute Gasteiger partial charge is 0.495 e. The van der Waals surface area contributed by atoms with Crippen molar-refractivity contribution in [3.05, 3.63) is 28.8 Å². The summed E-state index contributed by atoms with van der Waals surface area (Å²) in [4.78, 5) is 18.5. The summed E-state index contributed by atoms with van der Waals surface area (Å²) < 4.78 is 5.30. The van der Waals surface area contributed by atoms with Crippen LogP contribution in [-0.4, -0.2) is 65.7 Å². The number of halogens is 1. The minimum absolute atomic E-state index is 0.0581. The van der Waals surface area contributed by atoms with Gasteiger partial charge in [0.25, 0.3) is 0 Å². The molecule has 172 valence electrons. The van der Waals surface area contributed by atoms with E-state index in [1.54, 1.807) is 7.11 Å². The van der Waals surface area contributed by atoms with Crippen LogP contribution in [0.1, 0.15) is 75.7 Å². The van der Waals surface area contributed by atoms with Gasteiger partial charge in [0, 0.05) is 19.1 Å². The van der Waals surface area contributed by atoms with Crippen molar-refractivity contribution in [1.82, 2.24) is 9.80 Å². The van der Waals surface area contributed by atoms with Crippen molar-refractivity contribution in [1.29, 1.82) is 0 Å². The van der Waals surface area contributed by atoms with Crippen molar-refractivity contribution >= 4 is 17.5 Å². The molecular weight excluding hydrogens is 412 g/mol. The average Bonchev–Trinajstić information content (AvgIpc) is 2.80. The number of benzene rings is 1. The SMILES string of the molecule is COc1ccc(C(C(=O)N2CCC(N3CCCCC3)CC2)C2(O)CCCCC2)cc1Cl. The lowest BCUT2D eigenvalue weighted by molar-refractivity contribution is -0.143. The summed E-state index contributed by atoms with van der Waals surface area (Å²) in [5.41, 5.74) is -0.199. The molecule has 2 heterocycles. The Morgan fingerprint density at radius 2 is 1.71 bits per heavy atom. The highest BCUT2D eigenvalue weighted by Crippen LogP contribution is 2.43. The highest BCUT2D eigenvalue weighted by Gasteiger charge is 2.45. The molecule has 3 aliphatic rings. The molecule has 4 rings (SSSR count). The van der Waals surface area contributed by atoms with E-state index in [4.69, 9.17) is 16.3 Å². The van der Waals surface area contributed by atoms with Gasteiger partial charge in [0.05, 0.1) is 23.7 Å². The predicted molar refractivity (Wildman–Crippen MR) is 124 cm³/mol. The Hall–Kier alpha value is -1.30. The van der Waals surface area contributed by atoms with Crippen molar-refractivity contribution in [2.75, 3.05) is 33.3 Å². The molecule has 1 unspecified atom stereocenters. The van der Waals surface area contributed by atoms with Crippen LogP contribution in [0.5, 0.6) is 5.75 Å². The molecule has 1 amide bonds. The molecule has 6 heteroatoms. The van der Waals surface area contributed by atoms with Gasteiger partial charge in [0.15, 0.2) is 0 Å². The molecule has 3 fully saturated rings. The first-order valence-electron chi connectivity index (χ1n) is 12.1. The van der Waals surface area contributed by atoms with E-state index >= 15 is 0 Å². The summed E-state index contributed by atoms with van der Waals surface area (Å²) >= 11 is 6.42. The fraction of sp³-hybridized carbons (Fsp3) is 0.720. The second-order valence-electron chi connectivity index (χ2n) is 9.64. The van der Waals surface area contributed by atoms with E-state index in [9.17, 15) is 9.90 Å². The monoisotopic (exact) mass is 448 g/mol. The first-order chi connectivity index (χ1) is 15.0. The van der Waals surface area contributed by atoms with Crippen molar-refractivity contribution in [3.8, 4) is 5.75 Å². The van der Waals surface area contributed by atoms with E-state index in [1.165, 1.54) is 32.4 Å². The van der Waals surface area contributed by atoms with Crippen LogP contribution in [-0.2, 0) is 4.79 Å². The van der Waals surface area contributed by atoms with Crippen LogP contribution in [0.4, 0.5) is 0 Å². The van der Waals surface area contributed by atoms with E-state index in [-0.39, 0.29) is 5.91 Å². The third-order valence-electron chi connectivity index (χ3n) is 7.70. The second-order valence-corrected chi connectivity index (χ2v) is 10.1. The number of amides is 1. The molecule has 5 nitrogen and oxygen atoms in total. The van der Waals surface area contributed by atoms with Crippen LogP contribution in [0.2, 0.25) is 5.02 Å². The number of ether oxygens (including phenoxy) is 1. The van der Waals surface area contributed by atoms with Crippen molar-refractivity contribution in [3.63, 3.8) is 0 Å². The van der Waals surface area contributed by atoms with E-state index in [0.29, 0.717) is 29.7 Å². The number of carbonyl (C=O) groups is 1. The van der Waals surface area contributed by atoms with Crippen LogP contribution in [0.25, 0.3) is 0 Å². The quantitative estimate of drug-likeness (QED) is 0.714. The van der Waals surface area contributed by atoms with Crippen LogP contribution in [0, 0.1) is 0 Å². The molecule has 1 aromatic carbocycles. The maximum atomic E-state index is 13.8. The number of hydrogen-bond acceptors (Lipinski definition) is 4. The number of hydrogen-bond donors (Lipinski definition) is 1. The molecule has 1 saturated carbocycles. The fourth-order valence-corrected chi connectivity index (χ4v) is 6.18. The Bertz CT molecular complexity index is 751. The minimum atomic E-state index is -1.00. The van der Waals surface area contributed by atoms with E-state index in [2.05, 4.69) is 4.90 Å². The van der Waals surface area contributed by atoms with Crippen LogP contribution in [0.3, 0.4) is 0 Å². The fourth-order valence-electron chi connectivity index (χ4n) is 5.92. The molecule has 0 bridgehead atoms. The van der Waals surface area contributed by atoms with Gasteiger partial charge in [0.2, 0.25) is 5.91 Å². The van der Waals surface area contributed by atoms with Crippen molar-refractivity contribution < 1.29 is 14.6 Å². The average molecular weight is 449 g/mol. The Balaban J connectivity index is 1.52.